The van der Waals surface area contributed by atoms with Gasteiger partial charge >= 0.3 is 0 Å². The Morgan fingerprint density at radius 3 is 2.88 bits per heavy atom. The molecule has 0 aliphatic carbocycles. The minimum atomic E-state index is -0.239. The van der Waals surface area contributed by atoms with E-state index in [9.17, 15) is 4.39 Å². The highest BCUT2D eigenvalue weighted by Gasteiger charge is 2.23. The summed E-state index contributed by atoms with van der Waals surface area (Å²) >= 11 is 0. The Morgan fingerprint density at radius 2 is 2.12 bits per heavy atom. The molecule has 4 heteroatoms. The van der Waals surface area contributed by atoms with Crippen molar-refractivity contribution in [3.05, 3.63) is 30.5 Å². The van der Waals surface area contributed by atoms with Gasteiger partial charge in [-0.05, 0) is 18.6 Å². The molecule has 0 radical (unpaired) electrons. The molecule has 2 heterocycles. The molecule has 0 spiro atoms. The molecule has 88 valence electrons. The molecule has 1 atom stereocenters. The lowest BCUT2D eigenvalue weighted by Gasteiger charge is -2.16. The first kappa shape index (κ1) is 10.4. The molecule has 0 bridgehead atoms. The third kappa shape index (κ3) is 1.95. The number of fused-ring (bicyclic) bond motifs is 1. The highest BCUT2D eigenvalue weighted by atomic mass is 19.1. The first-order valence-electron chi connectivity index (χ1n) is 5.89. The quantitative estimate of drug-likeness (QED) is 0.794. The molecular weight excluding hydrogens is 217 g/mol. The van der Waals surface area contributed by atoms with Crippen molar-refractivity contribution in [2.75, 3.05) is 24.7 Å². The van der Waals surface area contributed by atoms with Gasteiger partial charge in [0, 0.05) is 19.0 Å². The van der Waals surface area contributed by atoms with Crippen LogP contribution in [0.2, 0.25) is 0 Å². The number of para-hydroxylation sites is 2. The van der Waals surface area contributed by atoms with Crippen LogP contribution < -0.4 is 4.90 Å². The number of rotatable bonds is 2. The average molecular weight is 231 g/mol. The van der Waals surface area contributed by atoms with Crippen LogP contribution in [0.25, 0.3) is 11.0 Å². The van der Waals surface area contributed by atoms with Gasteiger partial charge in [-0.15, -0.1) is 0 Å². The van der Waals surface area contributed by atoms with E-state index < -0.39 is 0 Å². The highest BCUT2D eigenvalue weighted by molar-refractivity contribution is 5.75. The molecule has 1 saturated heterocycles. The van der Waals surface area contributed by atoms with E-state index in [1.54, 1.807) is 6.20 Å². The van der Waals surface area contributed by atoms with Gasteiger partial charge in [0.25, 0.3) is 0 Å². The summed E-state index contributed by atoms with van der Waals surface area (Å²) in [4.78, 5) is 11.1. The van der Waals surface area contributed by atoms with Crippen molar-refractivity contribution in [1.82, 2.24) is 9.97 Å². The van der Waals surface area contributed by atoms with Crippen LogP contribution in [-0.4, -0.2) is 29.7 Å². The summed E-state index contributed by atoms with van der Waals surface area (Å²) in [5.74, 6) is 1.02. The Balaban J connectivity index is 1.91. The molecule has 0 saturated carbocycles. The van der Waals surface area contributed by atoms with E-state index in [4.69, 9.17) is 0 Å². The predicted octanol–water partition coefficient (Wildman–Crippen LogP) is 2.43. The number of aromatic nitrogens is 2. The molecule has 0 N–H and O–H groups in total. The fraction of sp³-hybridized carbons (Fsp3) is 0.385. The normalized spacial score (nSPS) is 20.1. The molecule has 3 nitrogen and oxygen atoms in total. The van der Waals surface area contributed by atoms with Gasteiger partial charge in [0.15, 0.2) is 0 Å². The maximum atomic E-state index is 12.6. The first-order valence-corrected chi connectivity index (χ1v) is 5.89. The van der Waals surface area contributed by atoms with E-state index in [-0.39, 0.29) is 12.6 Å². The van der Waals surface area contributed by atoms with Crippen molar-refractivity contribution in [3.8, 4) is 0 Å². The van der Waals surface area contributed by atoms with Crippen LogP contribution in [0.4, 0.5) is 10.2 Å². The summed E-state index contributed by atoms with van der Waals surface area (Å²) in [6.45, 7) is 1.39. The Labute approximate surface area is 99.3 Å². The number of halogens is 1. The molecule has 1 fully saturated rings. The van der Waals surface area contributed by atoms with Gasteiger partial charge < -0.3 is 4.90 Å². The first-order chi connectivity index (χ1) is 8.36. The van der Waals surface area contributed by atoms with E-state index in [0.29, 0.717) is 0 Å². The summed E-state index contributed by atoms with van der Waals surface area (Å²) in [6, 6.07) is 7.80. The summed E-state index contributed by atoms with van der Waals surface area (Å²) in [5.41, 5.74) is 1.80. The Morgan fingerprint density at radius 1 is 1.29 bits per heavy atom. The van der Waals surface area contributed by atoms with E-state index >= 15 is 0 Å². The van der Waals surface area contributed by atoms with Crippen molar-refractivity contribution in [1.29, 1.82) is 0 Å². The van der Waals surface area contributed by atoms with Crippen molar-refractivity contribution in [2.24, 2.45) is 5.92 Å². The van der Waals surface area contributed by atoms with Crippen molar-refractivity contribution < 1.29 is 4.39 Å². The van der Waals surface area contributed by atoms with Gasteiger partial charge in [-0.3, -0.25) is 9.37 Å². The molecule has 0 amide bonds. The van der Waals surface area contributed by atoms with Gasteiger partial charge in [-0.1, -0.05) is 12.1 Å². The van der Waals surface area contributed by atoms with E-state index in [0.717, 1.165) is 36.4 Å². The molecular formula is C13H14FN3. The molecule has 1 aliphatic rings. The summed E-state index contributed by atoms with van der Waals surface area (Å²) in [6.07, 6.45) is 2.69. The maximum absolute atomic E-state index is 12.6. The third-order valence-corrected chi connectivity index (χ3v) is 3.26. The summed E-state index contributed by atoms with van der Waals surface area (Å²) < 4.78 is 12.6. The van der Waals surface area contributed by atoms with Crippen LogP contribution >= 0.6 is 0 Å². The molecule has 0 unspecified atom stereocenters. The van der Waals surface area contributed by atoms with Crippen LogP contribution in [0, 0.1) is 5.92 Å². The lowest BCUT2D eigenvalue weighted by Crippen LogP contribution is -2.21. The van der Waals surface area contributed by atoms with Crippen molar-refractivity contribution >= 4 is 16.9 Å². The minimum absolute atomic E-state index is 0.156. The third-order valence-electron chi connectivity index (χ3n) is 3.26. The zero-order chi connectivity index (χ0) is 11.7. The number of benzene rings is 1. The fourth-order valence-electron chi connectivity index (χ4n) is 2.27. The molecule has 17 heavy (non-hydrogen) atoms. The van der Waals surface area contributed by atoms with E-state index in [1.807, 2.05) is 24.3 Å². The van der Waals surface area contributed by atoms with Crippen molar-refractivity contribution in [3.63, 3.8) is 0 Å². The van der Waals surface area contributed by atoms with Crippen LogP contribution in [-0.2, 0) is 0 Å². The van der Waals surface area contributed by atoms with Crippen LogP contribution in [0.5, 0.6) is 0 Å². The highest BCUT2D eigenvalue weighted by Crippen LogP contribution is 2.23. The lowest BCUT2D eigenvalue weighted by atomic mass is 10.1. The molecule has 1 aliphatic heterocycles. The van der Waals surface area contributed by atoms with Crippen LogP contribution in [0.15, 0.2) is 30.5 Å². The number of hydrogen-bond acceptors (Lipinski definition) is 3. The Bertz CT molecular complexity index is 529. The second-order valence-electron chi connectivity index (χ2n) is 4.47. The van der Waals surface area contributed by atoms with Crippen LogP contribution in [0.3, 0.4) is 0 Å². The minimum Gasteiger partial charge on any atom is -0.355 e. The zero-order valence-electron chi connectivity index (χ0n) is 9.51. The summed E-state index contributed by atoms with van der Waals surface area (Å²) in [7, 11) is 0. The van der Waals surface area contributed by atoms with E-state index in [1.165, 1.54) is 0 Å². The van der Waals surface area contributed by atoms with Crippen molar-refractivity contribution in [2.45, 2.75) is 6.42 Å². The number of hydrogen-bond donors (Lipinski definition) is 0. The van der Waals surface area contributed by atoms with Gasteiger partial charge in [0.05, 0.1) is 23.9 Å². The van der Waals surface area contributed by atoms with E-state index in [2.05, 4.69) is 14.9 Å². The van der Waals surface area contributed by atoms with Gasteiger partial charge in [-0.2, -0.15) is 0 Å². The maximum Gasteiger partial charge on any atom is 0.147 e. The number of nitrogens with zero attached hydrogens (tertiary/aromatic N) is 3. The predicted molar refractivity (Wildman–Crippen MR) is 65.8 cm³/mol. The second kappa shape index (κ2) is 4.28. The van der Waals surface area contributed by atoms with Gasteiger partial charge in [0.2, 0.25) is 0 Å². The van der Waals surface area contributed by atoms with Gasteiger partial charge in [0.1, 0.15) is 5.82 Å². The number of anilines is 1. The molecule has 3 rings (SSSR count). The second-order valence-corrected chi connectivity index (χ2v) is 4.47. The SMILES string of the molecule is FC[C@@H]1CCN(c2cnc3ccccc3n2)C1. The van der Waals surface area contributed by atoms with Crippen LogP contribution in [0.1, 0.15) is 6.42 Å². The molecule has 1 aromatic carbocycles. The molecule has 1 aromatic heterocycles. The fourth-order valence-corrected chi connectivity index (χ4v) is 2.27. The van der Waals surface area contributed by atoms with Gasteiger partial charge in [-0.25, -0.2) is 4.98 Å². The number of alkyl halides is 1. The molecule has 2 aromatic rings. The lowest BCUT2D eigenvalue weighted by molar-refractivity contribution is 0.384. The Hall–Kier alpha value is -1.71. The summed E-state index contributed by atoms with van der Waals surface area (Å²) in [5, 5.41) is 0. The largest absolute Gasteiger partial charge is 0.355 e. The average Bonchev–Trinajstić information content (AvgIpc) is 2.87. The smallest absolute Gasteiger partial charge is 0.147 e. The monoisotopic (exact) mass is 231 g/mol. The standard InChI is InChI=1S/C13H14FN3/c14-7-10-5-6-17(9-10)13-8-15-11-3-1-2-4-12(11)16-13/h1-4,8,10H,5-7,9H2/t10-/m0/s1. The topological polar surface area (TPSA) is 29.0 Å². The Kier molecular flexibility index (Phi) is 2.63. The zero-order valence-corrected chi connectivity index (χ0v) is 9.51.